The molecule has 4 unspecified atom stereocenters. The number of rotatable bonds is 6. The maximum atomic E-state index is 5.83. The third kappa shape index (κ3) is 2.14. The van der Waals surface area contributed by atoms with E-state index in [2.05, 4.69) is 33.0 Å². The maximum Gasteiger partial charge on any atom is 0.0658 e. The number of ether oxygens (including phenoxy) is 1. The molecule has 2 aliphatic carbocycles. The molecule has 94 valence electrons. The molecule has 0 saturated heterocycles. The molecule has 4 atom stereocenters. The molecule has 0 aromatic heterocycles. The van der Waals surface area contributed by atoms with Crippen molar-refractivity contribution in [2.75, 3.05) is 6.61 Å². The Morgan fingerprint density at radius 2 is 2.06 bits per heavy atom. The lowest BCUT2D eigenvalue weighted by atomic mass is 9.61. The largest absolute Gasteiger partial charge is 0.378 e. The molecule has 0 amide bonds. The van der Waals surface area contributed by atoms with Gasteiger partial charge in [-0.3, -0.25) is 0 Å². The Labute approximate surface area is 100 Å². The lowest BCUT2D eigenvalue weighted by Crippen LogP contribution is -2.63. The second-order valence-electron chi connectivity index (χ2n) is 5.88. The summed E-state index contributed by atoms with van der Waals surface area (Å²) < 4.78 is 5.83. The Morgan fingerprint density at radius 1 is 1.38 bits per heavy atom. The van der Waals surface area contributed by atoms with E-state index in [1.165, 1.54) is 25.7 Å². The molecule has 2 aliphatic rings. The molecule has 2 nitrogen and oxygen atoms in total. The standard InChI is InChI=1S/C14H27NO/c1-5-14(4)12(9-13(14)16-6-2)15-10(3)11-7-8-11/h10-13,15H,5-9H2,1-4H3. The van der Waals surface area contributed by atoms with Gasteiger partial charge in [-0.25, -0.2) is 0 Å². The van der Waals surface area contributed by atoms with Crippen LogP contribution in [0.5, 0.6) is 0 Å². The minimum atomic E-state index is 0.360. The van der Waals surface area contributed by atoms with Crippen molar-refractivity contribution in [3.63, 3.8) is 0 Å². The van der Waals surface area contributed by atoms with Crippen LogP contribution in [-0.2, 0) is 4.74 Å². The third-order valence-electron chi connectivity index (χ3n) is 4.90. The van der Waals surface area contributed by atoms with Crippen LogP contribution in [0.2, 0.25) is 0 Å². The van der Waals surface area contributed by atoms with Crippen LogP contribution in [0.4, 0.5) is 0 Å². The van der Waals surface area contributed by atoms with Gasteiger partial charge >= 0.3 is 0 Å². The quantitative estimate of drug-likeness (QED) is 0.750. The fraction of sp³-hybridized carbons (Fsp3) is 1.00. The molecule has 1 N–H and O–H groups in total. The summed E-state index contributed by atoms with van der Waals surface area (Å²) in [4.78, 5) is 0. The van der Waals surface area contributed by atoms with Crippen LogP contribution < -0.4 is 5.32 Å². The zero-order chi connectivity index (χ0) is 11.8. The van der Waals surface area contributed by atoms with Gasteiger partial charge in [0.15, 0.2) is 0 Å². The highest BCUT2D eigenvalue weighted by Crippen LogP contribution is 2.47. The van der Waals surface area contributed by atoms with E-state index in [0.717, 1.165) is 12.5 Å². The monoisotopic (exact) mass is 225 g/mol. The first-order chi connectivity index (χ1) is 7.61. The van der Waals surface area contributed by atoms with Crippen molar-refractivity contribution in [1.29, 1.82) is 0 Å². The molecule has 2 fully saturated rings. The molecule has 0 spiro atoms. The summed E-state index contributed by atoms with van der Waals surface area (Å²) in [5.41, 5.74) is 0.360. The summed E-state index contributed by atoms with van der Waals surface area (Å²) in [5, 5.41) is 3.83. The fourth-order valence-electron chi connectivity index (χ4n) is 3.06. The van der Waals surface area contributed by atoms with E-state index in [9.17, 15) is 0 Å². The van der Waals surface area contributed by atoms with Crippen molar-refractivity contribution in [1.82, 2.24) is 5.32 Å². The van der Waals surface area contributed by atoms with Gasteiger partial charge in [0.2, 0.25) is 0 Å². The van der Waals surface area contributed by atoms with Crippen molar-refractivity contribution in [3.05, 3.63) is 0 Å². The zero-order valence-electron chi connectivity index (χ0n) is 11.3. The van der Waals surface area contributed by atoms with Gasteiger partial charge in [-0.15, -0.1) is 0 Å². The molecule has 2 rings (SSSR count). The fourth-order valence-corrected chi connectivity index (χ4v) is 3.06. The van der Waals surface area contributed by atoms with Crippen LogP contribution in [0.3, 0.4) is 0 Å². The Bertz CT molecular complexity index is 239. The lowest BCUT2D eigenvalue weighted by Gasteiger charge is -2.54. The molecular formula is C14H27NO. The molecule has 0 heterocycles. The van der Waals surface area contributed by atoms with Gasteiger partial charge in [0.05, 0.1) is 6.10 Å². The van der Waals surface area contributed by atoms with Crippen molar-refractivity contribution in [2.45, 2.75) is 71.6 Å². The van der Waals surface area contributed by atoms with E-state index in [1.54, 1.807) is 0 Å². The first-order valence-electron chi connectivity index (χ1n) is 6.99. The SMILES string of the molecule is CCOC1CC(NC(C)C2CC2)C1(C)CC. The first kappa shape index (κ1) is 12.4. The molecule has 0 aliphatic heterocycles. The zero-order valence-corrected chi connectivity index (χ0v) is 11.3. The van der Waals surface area contributed by atoms with Crippen LogP contribution >= 0.6 is 0 Å². The van der Waals surface area contributed by atoms with Crippen LogP contribution in [-0.4, -0.2) is 24.8 Å². The topological polar surface area (TPSA) is 21.3 Å². The van der Waals surface area contributed by atoms with Crippen molar-refractivity contribution >= 4 is 0 Å². The molecule has 2 heteroatoms. The van der Waals surface area contributed by atoms with Crippen LogP contribution in [0, 0.1) is 11.3 Å². The molecule has 16 heavy (non-hydrogen) atoms. The second kappa shape index (κ2) is 4.66. The Hall–Kier alpha value is -0.0800. The summed E-state index contributed by atoms with van der Waals surface area (Å²) in [6.07, 6.45) is 5.76. The van der Waals surface area contributed by atoms with Crippen molar-refractivity contribution in [2.24, 2.45) is 11.3 Å². The normalized spacial score (nSPS) is 40.5. The average Bonchev–Trinajstić information content (AvgIpc) is 3.10. The predicted octanol–water partition coefficient (Wildman–Crippen LogP) is 2.97. The summed E-state index contributed by atoms with van der Waals surface area (Å²) >= 11 is 0. The summed E-state index contributed by atoms with van der Waals surface area (Å²) in [6.45, 7) is 9.98. The van der Waals surface area contributed by atoms with Gasteiger partial charge in [0.25, 0.3) is 0 Å². The van der Waals surface area contributed by atoms with Gasteiger partial charge in [-0.05, 0) is 45.4 Å². The van der Waals surface area contributed by atoms with Gasteiger partial charge in [0, 0.05) is 24.1 Å². The van der Waals surface area contributed by atoms with Gasteiger partial charge in [-0.2, -0.15) is 0 Å². The first-order valence-corrected chi connectivity index (χ1v) is 6.99. The number of hydrogen-bond acceptors (Lipinski definition) is 2. The molecule has 0 bridgehead atoms. The van der Waals surface area contributed by atoms with E-state index < -0.39 is 0 Å². The maximum absolute atomic E-state index is 5.83. The smallest absolute Gasteiger partial charge is 0.0658 e. The summed E-state index contributed by atoms with van der Waals surface area (Å²) in [7, 11) is 0. The predicted molar refractivity (Wildman–Crippen MR) is 67.5 cm³/mol. The summed E-state index contributed by atoms with van der Waals surface area (Å²) in [5.74, 6) is 0.951. The minimum Gasteiger partial charge on any atom is -0.378 e. The van der Waals surface area contributed by atoms with Crippen LogP contribution in [0.25, 0.3) is 0 Å². The van der Waals surface area contributed by atoms with Gasteiger partial charge in [-0.1, -0.05) is 13.8 Å². The van der Waals surface area contributed by atoms with Gasteiger partial charge < -0.3 is 10.1 Å². The van der Waals surface area contributed by atoms with Crippen LogP contribution in [0.15, 0.2) is 0 Å². The van der Waals surface area contributed by atoms with Gasteiger partial charge in [0.1, 0.15) is 0 Å². The van der Waals surface area contributed by atoms with Crippen LogP contribution in [0.1, 0.15) is 53.4 Å². The molecule has 0 aromatic rings. The Kier molecular flexibility index (Phi) is 3.60. The van der Waals surface area contributed by atoms with E-state index >= 15 is 0 Å². The molecule has 0 radical (unpaired) electrons. The van der Waals surface area contributed by atoms with E-state index in [0.29, 0.717) is 23.6 Å². The highest BCUT2D eigenvalue weighted by Gasteiger charge is 2.51. The Balaban J connectivity index is 1.86. The Morgan fingerprint density at radius 3 is 2.56 bits per heavy atom. The van der Waals surface area contributed by atoms with E-state index in [1.807, 2.05) is 0 Å². The lowest BCUT2D eigenvalue weighted by molar-refractivity contribution is -0.128. The van der Waals surface area contributed by atoms with E-state index in [-0.39, 0.29) is 0 Å². The van der Waals surface area contributed by atoms with Crippen molar-refractivity contribution < 1.29 is 4.74 Å². The summed E-state index contributed by atoms with van der Waals surface area (Å²) in [6, 6.07) is 1.38. The van der Waals surface area contributed by atoms with Crippen molar-refractivity contribution in [3.8, 4) is 0 Å². The third-order valence-corrected chi connectivity index (χ3v) is 4.90. The second-order valence-corrected chi connectivity index (χ2v) is 5.88. The molecular weight excluding hydrogens is 198 g/mol. The van der Waals surface area contributed by atoms with E-state index in [4.69, 9.17) is 4.74 Å². The average molecular weight is 225 g/mol. The highest BCUT2D eigenvalue weighted by atomic mass is 16.5. The number of hydrogen-bond donors (Lipinski definition) is 1. The molecule has 2 saturated carbocycles. The highest BCUT2D eigenvalue weighted by molar-refractivity contribution is 5.06. The number of nitrogens with one attached hydrogen (secondary N) is 1. The minimum absolute atomic E-state index is 0.360. The molecule has 0 aromatic carbocycles.